The van der Waals surface area contributed by atoms with Gasteiger partial charge in [-0.2, -0.15) is 0 Å². The third-order valence-corrected chi connectivity index (χ3v) is 9.66. The summed E-state index contributed by atoms with van der Waals surface area (Å²) < 4.78 is 6.35. The first-order chi connectivity index (χ1) is 13.5. The summed E-state index contributed by atoms with van der Waals surface area (Å²) in [6.07, 6.45) is 11.3. The van der Waals surface area contributed by atoms with E-state index in [0.717, 1.165) is 37.2 Å². The van der Waals surface area contributed by atoms with Crippen LogP contribution in [0.1, 0.15) is 77.2 Å². The molecule has 2 heteroatoms. The van der Waals surface area contributed by atoms with E-state index in [1.165, 1.54) is 50.5 Å². The largest absolute Gasteiger partial charge is 0.374 e. The summed E-state index contributed by atoms with van der Waals surface area (Å²) in [7, 11) is 0. The van der Waals surface area contributed by atoms with Gasteiger partial charge in [-0.15, -0.1) is 0 Å². The highest BCUT2D eigenvalue weighted by atomic mass is 16.5. The van der Waals surface area contributed by atoms with Gasteiger partial charge in [0.2, 0.25) is 0 Å². The Morgan fingerprint density at radius 3 is 2.61 bits per heavy atom. The Bertz CT molecular complexity index is 727. The van der Waals surface area contributed by atoms with Crippen LogP contribution in [0.5, 0.6) is 0 Å². The molecule has 152 valence electrons. The zero-order chi connectivity index (χ0) is 19.4. The van der Waals surface area contributed by atoms with Crippen LogP contribution < -0.4 is 0 Å². The molecule has 0 heterocycles. The lowest BCUT2D eigenvalue weighted by Crippen LogP contribution is -2.54. The number of fused-ring (bicyclic) bond motifs is 5. The second-order valence-electron chi connectivity index (χ2n) is 10.8. The van der Waals surface area contributed by atoms with Crippen LogP contribution in [0.2, 0.25) is 0 Å². The van der Waals surface area contributed by atoms with Crippen molar-refractivity contribution in [1.29, 1.82) is 0 Å². The molecule has 0 unspecified atom stereocenters. The Morgan fingerprint density at radius 2 is 1.79 bits per heavy atom. The van der Waals surface area contributed by atoms with Crippen LogP contribution >= 0.6 is 0 Å². The van der Waals surface area contributed by atoms with Gasteiger partial charge in [0.1, 0.15) is 5.78 Å². The first-order valence-corrected chi connectivity index (χ1v) is 11.7. The number of carbonyl (C=O) groups is 1. The predicted octanol–water partition coefficient (Wildman–Crippen LogP) is 6.18. The minimum Gasteiger partial charge on any atom is -0.374 e. The average Bonchev–Trinajstić information content (AvgIpc) is 3.02. The molecular formula is C26H36O2. The molecule has 0 aromatic heterocycles. The molecular weight excluding hydrogens is 344 g/mol. The molecule has 4 saturated carbocycles. The highest BCUT2D eigenvalue weighted by Gasteiger charge is 2.60. The van der Waals surface area contributed by atoms with Crippen molar-refractivity contribution in [3.05, 3.63) is 35.9 Å². The Kier molecular flexibility index (Phi) is 4.69. The van der Waals surface area contributed by atoms with E-state index in [2.05, 4.69) is 44.2 Å². The second-order valence-corrected chi connectivity index (χ2v) is 10.8. The summed E-state index contributed by atoms with van der Waals surface area (Å²) in [4.78, 5) is 12.6. The number of benzene rings is 1. The maximum Gasteiger partial charge on any atom is 0.139 e. The molecule has 0 aliphatic heterocycles. The first kappa shape index (κ1) is 18.9. The molecule has 0 bridgehead atoms. The van der Waals surface area contributed by atoms with Gasteiger partial charge in [-0.3, -0.25) is 4.79 Å². The predicted molar refractivity (Wildman–Crippen MR) is 112 cm³/mol. The molecule has 0 radical (unpaired) electrons. The quantitative estimate of drug-likeness (QED) is 0.625. The molecule has 5 rings (SSSR count). The van der Waals surface area contributed by atoms with Crippen LogP contribution in [0.4, 0.5) is 0 Å². The topological polar surface area (TPSA) is 26.3 Å². The van der Waals surface area contributed by atoms with Crippen LogP contribution in [-0.2, 0) is 16.1 Å². The van der Waals surface area contributed by atoms with E-state index >= 15 is 0 Å². The molecule has 0 N–H and O–H groups in total. The SMILES string of the molecule is C[C@]12CC[C@H](OCc3ccccc3)C[C@@H]1CC[C@H]1[C@H]2CC[C@]2(C)C(=O)CC[C@H]12. The van der Waals surface area contributed by atoms with Gasteiger partial charge < -0.3 is 4.74 Å². The summed E-state index contributed by atoms with van der Waals surface area (Å²) in [5.74, 6) is 3.69. The highest BCUT2D eigenvalue weighted by molar-refractivity contribution is 5.87. The monoisotopic (exact) mass is 380 g/mol. The van der Waals surface area contributed by atoms with Crippen molar-refractivity contribution in [3.63, 3.8) is 0 Å². The van der Waals surface area contributed by atoms with E-state index in [1.54, 1.807) is 0 Å². The van der Waals surface area contributed by atoms with Crippen molar-refractivity contribution in [1.82, 2.24) is 0 Å². The van der Waals surface area contributed by atoms with Crippen LogP contribution in [0, 0.1) is 34.5 Å². The minimum absolute atomic E-state index is 0.0142. The third-order valence-electron chi connectivity index (χ3n) is 9.66. The Morgan fingerprint density at radius 1 is 0.964 bits per heavy atom. The zero-order valence-electron chi connectivity index (χ0n) is 17.7. The number of hydrogen-bond acceptors (Lipinski definition) is 2. The number of carbonyl (C=O) groups excluding carboxylic acids is 1. The highest BCUT2D eigenvalue weighted by Crippen LogP contribution is 2.65. The lowest BCUT2D eigenvalue weighted by atomic mass is 9.45. The van der Waals surface area contributed by atoms with Crippen molar-refractivity contribution < 1.29 is 9.53 Å². The number of Topliss-reactive ketones (excluding diaryl/α,β-unsaturated/α-hetero) is 1. The van der Waals surface area contributed by atoms with E-state index in [-0.39, 0.29) is 5.41 Å². The van der Waals surface area contributed by atoms with Crippen LogP contribution in [0.15, 0.2) is 30.3 Å². The number of ketones is 1. The number of ether oxygens (including phenoxy) is 1. The van der Waals surface area contributed by atoms with Gasteiger partial charge in [0, 0.05) is 11.8 Å². The van der Waals surface area contributed by atoms with Gasteiger partial charge in [-0.1, -0.05) is 44.2 Å². The standard InChI is InChI=1S/C26H36O2/c1-25-14-12-20(28-17-18-6-4-3-5-7-18)16-19(25)8-9-21-22-10-11-24(27)26(22,2)15-13-23(21)25/h3-7,19-23H,8-17H2,1-2H3/t19-,20-,21+,22+,23+,25-,26-/m0/s1. The van der Waals surface area contributed by atoms with Crippen molar-refractivity contribution >= 4 is 5.78 Å². The van der Waals surface area contributed by atoms with Crippen LogP contribution in [0.25, 0.3) is 0 Å². The molecule has 28 heavy (non-hydrogen) atoms. The lowest BCUT2D eigenvalue weighted by molar-refractivity contribution is -0.145. The molecule has 0 spiro atoms. The Labute approximate surface area is 170 Å². The number of hydrogen-bond donors (Lipinski definition) is 0. The Hall–Kier alpha value is -1.15. The van der Waals surface area contributed by atoms with Crippen molar-refractivity contribution in [2.75, 3.05) is 0 Å². The molecule has 4 fully saturated rings. The van der Waals surface area contributed by atoms with E-state index in [0.29, 0.717) is 23.2 Å². The Balaban J connectivity index is 1.27. The summed E-state index contributed by atoms with van der Waals surface area (Å²) >= 11 is 0. The second kappa shape index (κ2) is 6.97. The molecule has 0 amide bonds. The number of rotatable bonds is 3. The molecule has 4 aliphatic rings. The van der Waals surface area contributed by atoms with Gasteiger partial charge in [-0.25, -0.2) is 0 Å². The lowest BCUT2D eigenvalue weighted by Gasteiger charge is -2.60. The zero-order valence-corrected chi connectivity index (χ0v) is 17.7. The fraction of sp³-hybridized carbons (Fsp3) is 0.731. The molecule has 0 saturated heterocycles. The summed E-state index contributed by atoms with van der Waals surface area (Å²) in [6, 6.07) is 10.6. The smallest absolute Gasteiger partial charge is 0.139 e. The van der Waals surface area contributed by atoms with Crippen LogP contribution in [-0.4, -0.2) is 11.9 Å². The molecule has 2 nitrogen and oxygen atoms in total. The summed E-state index contributed by atoms with van der Waals surface area (Å²) in [5, 5.41) is 0. The van der Waals surface area contributed by atoms with E-state index in [4.69, 9.17) is 4.74 Å². The van der Waals surface area contributed by atoms with E-state index in [9.17, 15) is 4.79 Å². The van der Waals surface area contributed by atoms with Crippen molar-refractivity contribution in [3.8, 4) is 0 Å². The maximum absolute atomic E-state index is 12.6. The van der Waals surface area contributed by atoms with Crippen molar-refractivity contribution in [2.45, 2.75) is 84.3 Å². The van der Waals surface area contributed by atoms with E-state index in [1.807, 2.05) is 0 Å². The molecule has 7 atom stereocenters. The summed E-state index contributed by atoms with van der Waals surface area (Å²) in [5.41, 5.74) is 1.78. The van der Waals surface area contributed by atoms with Gasteiger partial charge in [0.05, 0.1) is 12.7 Å². The molecule has 4 aliphatic carbocycles. The van der Waals surface area contributed by atoms with Gasteiger partial charge >= 0.3 is 0 Å². The molecule has 1 aromatic rings. The first-order valence-electron chi connectivity index (χ1n) is 11.7. The van der Waals surface area contributed by atoms with Gasteiger partial charge in [0.25, 0.3) is 0 Å². The fourth-order valence-corrected chi connectivity index (χ4v) is 7.93. The van der Waals surface area contributed by atoms with Gasteiger partial charge in [0.15, 0.2) is 0 Å². The third kappa shape index (κ3) is 2.90. The van der Waals surface area contributed by atoms with Gasteiger partial charge in [-0.05, 0) is 86.0 Å². The minimum atomic E-state index is 0.0142. The normalized spacial score (nSPS) is 45.2. The molecule has 1 aromatic carbocycles. The average molecular weight is 381 g/mol. The van der Waals surface area contributed by atoms with Crippen molar-refractivity contribution in [2.24, 2.45) is 34.5 Å². The fourth-order valence-electron chi connectivity index (χ4n) is 7.93. The van der Waals surface area contributed by atoms with Crippen LogP contribution in [0.3, 0.4) is 0 Å². The summed E-state index contributed by atoms with van der Waals surface area (Å²) in [6.45, 7) is 5.65. The maximum atomic E-state index is 12.6. The van der Waals surface area contributed by atoms with E-state index < -0.39 is 0 Å².